The summed E-state index contributed by atoms with van der Waals surface area (Å²) in [4.78, 5) is 0.517. The molecule has 0 fully saturated rings. The summed E-state index contributed by atoms with van der Waals surface area (Å²) in [6, 6.07) is -0.466. The number of nitrogens with zero attached hydrogens (tertiary/aromatic N) is 2. The number of hydroxylamine groups is 1. The molecular formula is C13H26N2O3. The van der Waals surface area contributed by atoms with E-state index in [4.69, 9.17) is 4.74 Å². The molecule has 0 aliphatic rings. The summed E-state index contributed by atoms with van der Waals surface area (Å²) in [5, 5.41) is 24.7. The van der Waals surface area contributed by atoms with Crippen LogP contribution in [0.5, 0.6) is 0 Å². The molecule has 0 aromatic rings. The van der Waals surface area contributed by atoms with Crippen LogP contribution >= 0.6 is 0 Å². The van der Waals surface area contributed by atoms with Crippen molar-refractivity contribution in [2.24, 2.45) is 5.11 Å². The van der Waals surface area contributed by atoms with Gasteiger partial charge in [0.2, 0.25) is 6.20 Å². The van der Waals surface area contributed by atoms with Gasteiger partial charge in [-0.1, -0.05) is 31.0 Å². The van der Waals surface area contributed by atoms with Gasteiger partial charge in [0.05, 0.1) is 6.61 Å². The topological polar surface area (TPSA) is 67.9 Å². The second kappa shape index (κ2) is 11.2. The first-order valence-corrected chi connectivity index (χ1v) is 6.62. The van der Waals surface area contributed by atoms with E-state index >= 15 is 0 Å². The second-order valence-corrected chi connectivity index (χ2v) is 4.42. The van der Waals surface area contributed by atoms with Crippen LogP contribution in [0.3, 0.4) is 0 Å². The minimum Gasteiger partial charge on any atom is -0.595 e. The van der Waals surface area contributed by atoms with Crippen LogP contribution in [0.25, 0.3) is 0 Å². The zero-order chi connectivity index (χ0) is 13.8. The molecule has 5 heteroatoms. The molecular weight excluding hydrogens is 232 g/mol. The van der Waals surface area contributed by atoms with Gasteiger partial charge in [-0.05, 0) is 31.0 Å². The molecule has 0 amide bonds. The third-order valence-corrected chi connectivity index (χ3v) is 2.65. The van der Waals surface area contributed by atoms with Crippen molar-refractivity contribution in [1.82, 2.24) is 0 Å². The third-order valence-electron chi connectivity index (χ3n) is 2.65. The average molecular weight is 258 g/mol. The maximum Gasteiger partial charge on any atom is 0.205 e. The molecule has 0 saturated carbocycles. The molecule has 0 radical (unpaired) electrons. The van der Waals surface area contributed by atoms with Gasteiger partial charge < -0.3 is 15.1 Å². The number of hydrogen-bond donors (Lipinski definition) is 1. The lowest BCUT2D eigenvalue weighted by Gasteiger charge is -2.11. The van der Waals surface area contributed by atoms with Crippen molar-refractivity contribution in [3.05, 3.63) is 17.5 Å². The number of methoxy groups -OCH3 is 1. The molecule has 0 saturated heterocycles. The molecule has 0 bridgehead atoms. The number of ether oxygens (including phenoxy) is 1. The lowest BCUT2D eigenvalue weighted by atomic mass is 10.1. The lowest BCUT2D eigenvalue weighted by Crippen LogP contribution is -2.27. The Morgan fingerprint density at radius 1 is 1.39 bits per heavy atom. The van der Waals surface area contributed by atoms with Gasteiger partial charge in [-0.15, -0.1) is 0 Å². The minimum atomic E-state index is -0.746. The Hall–Kier alpha value is -0.940. The van der Waals surface area contributed by atoms with E-state index in [2.05, 4.69) is 12.0 Å². The fraction of sp³-hybridized carbons (Fsp3) is 0.846. The van der Waals surface area contributed by atoms with Crippen LogP contribution in [-0.4, -0.2) is 35.8 Å². The number of hydrogen-bond acceptors (Lipinski definition) is 4. The maximum absolute atomic E-state index is 11.4. The van der Waals surface area contributed by atoms with E-state index in [0.717, 1.165) is 12.8 Å². The normalized spacial score (nSPS) is 16.1. The first-order valence-electron chi connectivity index (χ1n) is 6.62. The molecule has 0 aliphatic heterocycles. The van der Waals surface area contributed by atoms with Crippen LogP contribution < -0.4 is 0 Å². The van der Waals surface area contributed by atoms with Gasteiger partial charge >= 0.3 is 0 Å². The standard InChI is InChI=1S/C13H26N2O3/c1-4-5-6-7-8-9-10-15(17)14-12(2)13(16)11-18-3/h9-10,12-13,16H,4-8,11H2,1-3H3/b10-9+,15-14?. The zero-order valence-corrected chi connectivity index (χ0v) is 11.7. The predicted molar refractivity (Wildman–Crippen MR) is 71.3 cm³/mol. The van der Waals surface area contributed by atoms with Crippen LogP contribution in [0.2, 0.25) is 0 Å². The maximum atomic E-state index is 11.4. The Balaban J connectivity index is 3.91. The molecule has 0 aliphatic carbocycles. The van der Waals surface area contributed by atoms with Crippen molar-refractivity contribution in [3.63, 3.8) is 0 Å². The van der Waals surface area contributed by atoms with E-state index < -0.39 is 12.1 Å². The van der Waals surface area contributed by atoms with Crippen LogP contribution in [-0.2, 0) is 4.74 Å². The zero-order valence-electron chi connectivity index (χ0n) is 11.7. The molecule has 0 aromatic carbocycles. The van der Waals surface area contributed by atoms with Gasteiger partial charge in [0.15, 0.2) is 0 Å². The highest BCUT2D eigenvalue weighted by Crippen LogP contribution is 2.03. The highest BCUT2D eigenvalue weighted by atomic mass is 16.5. The molecule has 18 heavy (non-hydrogen) atoms. The summed E-state index contributed by atoms with van der Waals surface area (Å²) in [6.07, 6.45) is 8.11. The van der Waals surface area contributed by atoms with Gasteiger partial charge in [0.25, 0.3) is 0 Å². The third kappa shape index (κ3) is 9.13. The van der Waals surface area contributed by atoms with E-state index in [1.807, 2.05) is 6.08 Å². The highest BCUT2D eigenvalue weighted by Gasteiger charge is 2.15. The molecule has 0 rings (SSSR count). The summed E-state index contributed by atoms with van der Waals surface area (Å²) >= 11 is 0. The van der Waals surface area contributed by atoms with Gasteiger partial charge in [-0.2, -0.15) is 0 Å². The van der Waals surface area contributed by atoms with Crippen LogP contribution in [0.15, 0.2) is 17.4 Å². The Morgan fingerprint density at radius 3 is 2.72 bits per heavy atom. The highest BCUT2D eigenvalue weighted by molar-refractivity contribution is 4.72. The second-order valence-electron chi connectivity index (χ2n) is 4.42. The summed E-state index contributed by atoms with van der Waals surface area (Å²) in [5.74, 6) is 0. The molecule has 2 unspecified atom stereocenters. The number of aliphatic hydroxyl groups is 1. The Kier molecular flexibility index (Phi) is 10.6. The summed E-state index contributed by atoms with van der Waals surface area (Å²) < 4.78 is 4.79. The van der Waals surface area contributed by atoms with Crippen molar-refractivity contribution in [3.8, 4) is 0 Å². The van der Waals surface area contributed by atoms with E-state index in [1.165, 1.54) is 32.6 Å². The molecule has 106 valence electrons. The molecule has 5 nitrogen and oxygen atoms in total. The monoisotopic (exact) mass is 258 g/mol. The van der Waals surface area contributed by atoms with Crippen molar-refractivity contribution in [2.45, 2.75) is 58.1 Å². The number of azo groups is 1. The Labute approximate surface area is 110 Å². The van der Waals surface area contributed by atoms with E-state index in [9.17, 15) is 10.3 Å². The fourth-order valence-corrected chi connectivity index (χ4v) is 1.46. The van der Waals surface area contributed by atoms with Crippen LogP contribution in [0.1, 0.15) is 46.0 Å². The quantitative estimate of drug-likeness (QED) is 0.283. The summed E-state index contributed by atoms with van der Waals surface area (Å²) in [7, 11) is 1.50. The van der Waals surface area contributed by atoms with Gasteiger partial charge in [0.1, 0.15) is 12.1 Å². The molecule has 0 aromatic heterocycles. The smallest absolute Gasteiger partial charge is 0.205 e. The number of unbranched alkanes of at least 4 members (excludes halogenated alkanes) is 4. The van der Waals surface area contributed by atoms with E-state index in [0.29, 0.717) is 4.86 Å². The van der Waals surface area contributed by atoms with Crippen molar-refractivity contribution < 1.29 is 14.7 Å². The summed E-state index contributed by atoms with van der Waals surface area (Å²) in [6.45, 7) is 4.03. The first-order chi connectivity index (χ1) is 8.61. The molecule has 1 N–H and O–H groups in total. The largest absolute Gasteiger partial charge is 0.595 e. The Bertz CT molecular complexity index is 255. The SMILES string of the molecule is CCCCCC/C=C/[N+]([O-])=NC(C)C(O)COC. The molecule has 0 spiro atoms. The van der Waals surface area contributed by atoms with Crippen LogP contribution in [0.4, 0.5) is 0 Å². The fourth-order valence-electron chi connectivity index (χ4n) is 1.46. The predicted octanol–water partition coefficient (Wildman–Crippen LogP) is 2.83. The first kappa shape index (κ1) is 17.1. The van der Waals surface area contributed by atoms with Gasteiger partial charge in [-0.3, -0.25) is 0 Å². The number of rotatable bonds is 10. The van der Waals surface area contributed by atoms with Gasteiger partial charge in [0, 0.05) is 7.11 Å². The summed E-state index contributed by atoms with van der Waals surface area (Å²) in [5.41, 5.74) is 0. The van der Waals surface area contributed by atoms with Crippen LogP contribution in [0, 0.1) is 5.21 Å². The Morgan fingerprint density at radius 2 is 2.11 bits per heavy atom. The van der Waals surface area contributed by atoms with E-state index in [-0.39, 0.29) is 6.61 Å². The van der Waals surface area contributed by atoms with Gasteiger partial charge in [-0.25, -0.2) is 0 Å². The van der Waals surface area contributed by atoms with Crippen molar-refractivity contribution in [1.29, 1.82) is 0 Å². The molecule has 0 heterocycles. The average Bonchev–Trinajstić information content (AvgIpc) is 2.33. The molecule has 2 atom stereocenters. The lowest BCUT2D eigenvalue weighted by molar-refractivity contribution is -0.463. The van der Waals surface area contributed by atoms with Crippen molar-refractivity contribution >= 4 is 0 Å². The number of aliphatic hydroxyl groups excluding tert-OH is 1. The number of allylic oxidation sites excluding steroid dienone is 1. The van der Waals surface area contributed by atoms with Crippen molar-refractivity contribution in [2.75, 3.05) is 13.7 Å². The van der Waals surface area contributed by atoms with E-state index in [1.54, 1.807) is 6.92 Å². The minimum absolute atomic E-state index is 0.180.